The van der Waals surface area contributed by atoms with Crippen LogP contribution in [-0.4, -0.2) is 24.3 Å². The van der Waals surface area contributed by atoms with Crippen molar-refractivity contribution in [2.45, 2.75) is 20.3 Å². The van der Waals surface area contributed by atoms with Crippen molar-refractivity contribution in [2.75, 3.05) is 13.2 Å². The van der Waals surface area contributed by atoms with Crippen LogP contribution >= 0.6 is 11.6 Å². The fourth-order valence-corrected chi connectivity index (χ4v) is 2.77. The van der Waals surface area contributed by atoms with E-state index in [0.717, 1.165) is 16.9 Å². The highest BCUT2D eigenvalue weighted by atomic mass is 35.5. The lowest BCUT2D eigenvalue weighted by molar-refractivity contribution is 0.0658. The number of fused-ring (bicyclic) bond motifs is 1. The Balaban J connectivity index is 1.62. The maximum atomic E-state index is 11.4. The summed E-state index contributed by atoms with van der Waals surface area (Å²) in [4.78, 5) is 11.4. The fourth-order valence-electron chi connectivity index (χ4n) is 2.65. The van der Waals surface area contributed by atoms with E-state index in [2.05, 4.69) is 0 Å². The summed E-state index contributed by atoms with van der Waals surface area (Å²) >= 11 is 5.99. The van der Waals surface area contributed by atoms with Gasteiger partial charge in [-0.05, 0) is 49.2 Å². The summed E-state index contributed by atoms with van der Waals surface area (Å²) < 4.78 is 16.9. The Hall–Kier alpha value is -2.66. The smallest absolute Gasteiger partial charge is 0.375 e. The summed E-state index contributed by atoms with van der Waals surface area (Å²) in [6.07, 6.45) is 0.596. The predicted octanol–water partition coefficient (Wildman–Crippen LogP) is 5.25. The molecule has 3 aromatic rings. The van der Waals surface area contributed by atoms with Gasteiger partial charge in [-0.25, -0.2) is 4.79 Å². The van der Waals surface area contributed by atoms with Crippen LogP contribution in [0, 0.1) is 13.8 Å². The quantitative estimate of drug-likeness (QED) is 0.572. The van der Waals surface area contributed by atoms with Gasteiger partial charge < -0.3 is 19.0 Å². The number of carboxylic acid groups (broad SMARTS) is 1. The van der Waals surface area contributed by atoms with E-state index in [0.29, 0.717) is 35.6 Å². The van der Waals surface area contributed by atoms with Gasteiger partial charge in [-0.1, -0.05) is 23.7 Å². The third kappa shape index (κ3) is 3.78. The maximum Gasteiger partial charge on any atom is 0.375 e. The minimum absolute atomic E-state index is 0.177. The van der Waals surface area contributed by atoms with E-state index >= 15 is 0 Å². The molecule has 136 valence electrons. The molecule has 0 saturated carbocycles. The molecule has 0 aliphatic carbocycles. The predicted molar refractivity (Wildman–Crippen MR) is 99.7 cm³/mol. The molecule has 26 heavy (non-hydrogen) atoms. The summed E-state index contributed by atoms with van der Waals surface area (Å²) in [5.41, 5.74) is 2.35. The molecule has 1 N–H and O–H groups in total. The molecule has 6 heteroatoms. The van der Waals surface area contributed by atoms with E-state index in [4.69, 9.17) is 25.5 Å². The van der Waals surface area contributed by atoms with Gasteiger partial charge in [-0.15, -0.1) is 0 Å². The van der Waals surface area contributed by atoms with Gasteiger partial charge in [-0.2, -0.15) is 0 Å². The van der Waals surface area contributed by atoms with Crippen molar-refractivity contribution in [3.63, 3.8) is 0 Å². The Bertz CT molecular complexity index is 945. The number of furan rings is 1. The first-order chi connectivity index (χ1) is 12.5. The number of hydrogen-bond donors (Lipinski definition) is 1. The molecule has 0 aliphatic heterocycles. The van der Waals surface area contributed by atoms with Crippen LogP contribution in [0.3, 0.4) is 0 Å². The Morgan fingerprint density at radius 3 is 2.62 bits per heavy atom. The van der Waals surface area contributed by atoms with Gasteiger partial charge in [0.15, 0.2) is 5.75 Å². The average molecular weight is 375 g/mol. The van der Waals surface area contributed by atoms with Crippen LogP contribution in [-0.2, 0) is 0 Å². The Kier molecular flexibility index (Phi) is 5.38. The first kappa shape index (κ1) is 18.1. The number of halogens is 1. The number of aromatic carboxylic acids is 1. The second kappa shape index (κ2) is 7.70. The third-order valence-electron chi connectivity index (χ3n) is 3.99. The second-order valence-electron chi connectivity index (χ2n) is 5.98. The zero-order chi connectivity index (χ0) is 18.7. The van der Waals surface area contributed by atoms with Gasteiger partial charge in [0.1, 0.15) is 11.3 Å². The van der Waals surface area contributed by atoms with Gasteiger partial charge >= 0.3 is 5.97 Å². The summed E-state index contributed by atoms with van der Waals surface area (Å²) in [5, 5.41) is 10.7. The molecule has 0 unspecified atom stereocenters. The van der Waals surface area contributed by atoms with E-state index in [1.54, 1.807) is 12.1 Å². The topological polar surface area (TPSA) is 68.9 Å². The standard InChI is InChI=1S/C20H19ClO5/c1-12-5-3-6-15-17(12)26-19(20(22)23)18(15)25-10-4-9-24-14-7-8-16(21)13(2)11-14/h3,5-8,11H,4,9-10H2,1-2H3,(H,22,23). The number of aryl methyl sites for hydroxylation is 2. The minimum atomic E-state index is -1.15. The summed E-state index contributed by atoms with van der Waals surface area (Å²) in [7, 11) is 0. The number of hydrogen-bond acceptors (Lipinski definition) is 4. The van der Waals surface area contributed by atoms with Crippen molar-refractivity contribution < 1.29 is 23.8 Å². The highest BCUT2D eigenvalue weighted by molar-refractivity contribution is 6.31. The molecular formula is C20H19ClO5. The lowest BCUT2D eigenvalue weighted by atomic mass is 10.1. The van der Waals surface area contributed by atoms with Crippen molar-refractivity contribution in [2.24, 2.45) is 0 Å². The zero-order valence-electron chi connectivity index (χ0n) is 14.5. The van der Waals surface area contributed by atoms with E-state index in [1.807, 2.05) is 38.1 Å². The number of para-hydroxylation sites is 1. The Morgan fingerprint density at radius 1 is 1.12 bits per heavy atom. The number of carboxylic acids is 1. The molecule has 0 aliphatic rings. The maximum absolute atomic E-state index is 11.4. The van der Waals surface area contributed by atoms with E-state index in [-0.39, 0.29) is 11.5 Å². The van der Waals surface area contributed by atoms with Crippen molar-refractivity contribution in [1.29, 1.82) is 0 Å². The molecule has 3 rings (SSSR count). The average Bonchev–Trinajstić information content (AvgIpc) is 2.98. The monoisotopic (exact) mass is 374 g/mol. The van der Waals surface area contributed by atoms with Crippen molar-refractivity contribution in [3.8, 4) is 11.5 Å². The van der Waals surface area contributed by atoms with E-state index in [1.165, 1.54) is 0 Å². The van der Waals surface area contributed by atoms with Crippen LogP contribution in [0.15, 0.2) is 40.8 Å². The van der Waals surface area contributed by atoms with Crippen LogP contribution < -0.4 is 9.47 Å². The highest BCUT2D eigenvalue weighted by Gasteiger charge is 2.22. The summed E-state index contributed by atoms with van der Waals surface area (Å²) in [6.45, 7) is 4.54. The largest absolute Gasteiger partial charge is 0.493 e. The van der Waals surface area contributed by atoms with Crippen LogP contribution in [0.25, 0.3) is 11.0 Å². The normalized spacial score (nSPS) is 10.9. The van der Waals surface area contributed by atoms with Crippen LogP contribution in [0.5, 0.6) is 11.5 Å². The third-order valence-corrected chi connectivity index (χ3v) is 4.42. The van der Waals surface area contributed by atoms with Gasteiger partial charge in [-0.3, -0.25) is 0 Å². The molecule has 0 amide bonds. The van der Waals surface area contributed by atoms with Crippen molar-refractivity contribution in [3.05, 3.63) is 58.3 Å². The zero-order valence-corrected chi connectivity index (χ0v) is 15.3. The molecule has 0 bridgehead atoms. The molecule has 0 saturated heterocycles. The molecular weight excluding hydrogens is 356 g/mol. The first-order valence-electron chi connectivity index (χ1n) is 8.24. The lowest BCUT2D eigenvalue weighted by Gasteiger charge is -2.09. The van der Waals surface area contributed by atoms with Crippen molar-refractivity contribution >= 4 is 28.5 Å². The van der Waals surface area contributed by atoms with Gasteiger partial charge in [0.05, 0.1) is 18.6 Å². The highest BCUT2D eigenvalue weighted by Crippen LogP contribution is 2.35. The molecule has 1 heterocycles. The van der Waals surface area contributed by atoms with Crippen LogP contribution in [0.1, 0.15) is 28.1 Å². The SMILES string of the molecule is Cc1cc(OCCCOc2c(C(=O)O)oc3c(C)cccc23)ccc1Cl. The van der Waals surface area contributed by atoms with Gasteiger partial charge in [0, 0.05) is 11.4 Å². The number of ether oxygens (including phenoxy) is 2. The Morgan fingerprint density at radius 2 is 1.88 bits per heavy atom. The molecule has 0 spiro atoms. The molecule has 0 fully saturated rings. The molecule has 0 atom stereocenters. The van der Waals surface area contributed by atoms with Crippen molar-refractivity contribution in [1.82, 2.24) is 0 Å². The van der Waals surface area contributed by atoms with Crippen LogP contribution in [0.2, 0.25) is 5.02 Å². The van der Waals surface area contributed by atoms with Gasteiger partial charge in [0.2, 0.25) is 0 Å². The number of benzene rings is 2. The second-order valence-corrected chi connectivity index (χ2v) is 6.39. The Labute approximate surface area is 156 Å². The lowest BCUT2D eigenvalue weighted by Crippen LogP contribution is -2.07. The molecule has 1 aromatic heterocycles. The molecule has 2 aromatic carbocycles. The van der Waals surface area contributed by atoms with Crippen LogP contribution in [0.4, 0.5) is 0 Å². The first-order valence-corrected chi connectivity index (χ1v) is 8.62. The minimum Gasteiger partial charge on any atom is -0.493 e. The number of carbonyl (C=O) groups is 1. The van der Waals surface area contributed by atoms with Gasteiger partial charge in [0.25, 0.3) is 5.76 Å². The fraction of sp³-hybridized carbons (Fsp3) is 0.250. The van der Waals surface area contributed by atoms with E-state index in [9.17, 15) is 9.90 Å². The summed E-state index contributed by atoms with van der Waals surface area (Å²) in [6, 6.07) is 11.0. The molecule has 0 radical (unpaired) electrons. The molecule has 5 nitrogen and oxygen atoms in total. The summed E-state index contributed by atoms with van der Waals surface area (Å²) in [5.74, 6) is -0.326. The number of rotatable bonds is 7. The van der Waals surface area contributed by atoms with E-state index < -0.39 is 5.97 Å².